The van der Waals surface area contributed by atoms with Gasteiger partial charge in [0, 0.05) is 0 Å². The Balaban J connectivity index is 1.89. The third kappa shape index (κ3) is 3.08. The van der Waals surface area contributed by atoms with Crippen LogP contribution < -0.4 is 5.01 Å². The second-order valence-corrected chi connectivity index (χ2v) is 5.32. The summed E-state index contributed by atoms with van der Waals surface area (Å²) in [6.07, 6.45) is -2.83. The van der Waals surface area contributed by atoms with E-state index in [4.69, 9.17) is 0 Å². The summed E-state index contributed by atoms with van der Waals surface area (Å²) in [6.45, 7) is 1.69. The highest BCUT2D eigenvalue weighted by Crippen LogP contribution is 2.30. The number of rotatable bonds is 2. The van der Waals surface area contributed by atoms with Crippen LogP contribution >= 0.6 is 0 Å². The molecule has 0 bridgehead atoms. The highest BCUT2D eigenvalue weighted by molar-refractivity contribution is 6.32. The van der Waals surface area contributed by atoms with Crippen molar-refractivity contribution in [1.29, 1.82) is 0 Å². The number of hydrogen-bond acceptors (Lipinski definition) is 2. The third-order valence-electron chi connectivity index (χ3n) is 3.61. The molecule has 6 heteroatoms. The number of halogens is 3. The number of alkyl halides is 3. The standard InChI is InChI=1S/C18H13F3N2O/c1-12-16(11-13-7-9-14(10-8-13)18(19,20)21)17(24)23(22-12)15-5-3-2-4-6-15/h2-11H,1H3/b16-11+. The number of amides is 1. The van der Waals surface area contributed by atoms with Crippen LogP contribution in [0.1, 0.15) is 18.1 Å². The Labute approximate surface area is 136 Å². The van der Waals surface area contributed by atoms with E-state index in [1.807, 2.05) is 6.07 Å². The molecule has 122 valence electrons. The van der Waals surface area contributed by atoms with Gasteiger partial charge < -0.3 is 0 Å². The quantitative estimate of drug-likeness (QED) is 0.746. The van der Waals surface area contributed by atoms with E-state index in [1.165, 1.54) is 17.1 Å². The Kier molecular flexibility index (Phi) is 3.97. The topological polar surface area (TPSA) is 32.7 Å². The fourth-order valence-electron chi connectivity index (χ4n) is 2.36. The number of para-hydroxylation sites is 1. The van der Waals surface area contributed by atoms with Crippen molar-refractivity contribution in [3.05, 3.63) is 71.3 Å². The molecule has 1 aliphatic rings. The fourth-order valence-corrected chi connectivity index (χ4v) is 2.36. The van der Waals surface area contributed by atoms with Gasteiger partial charge in [0.2, 0.25) is 0 Å². The van der Waals surface area contributed by atoms with Gasteiger partial charge in [0.25, 0.3) is 5.91 Å². The van der Waals surface area contributed by atoms with Gasteiger partial charge in [0.1, 0.15) is 0 Å². The smallest absolute Gasteiger partial charge is 0.267 e. The number of nitrogens with zero attached hydrogens (tertiary/aromatic N) is 2. The Morgan fingerprint density at radius 3 is 2.21 bits per heavy atom. The van der Waals surface area contributed by atoms with Gasteiger partial charge in [0.15, 0.2) is 0 Å². The maximum absolute atomic E-state index is 12.6. The molecule has 0 spiro atoms. The number of hydrogen-bond donors (Lipinski definition) is 0. The number of carbonyl (C=O) groups excluding carboxylic acids is 1. The average Bonchev–Trinajstić information content (AvgIpc) is 2.83. The van der Waals surface area contributed by atoms with Crippen molar-refractivity contribution < 1.29 is 18.0 Å². The molecule has 0 aromatic heterocycles. The molecule has 0 atom stereocenters. The number of anilines is 1. The largest absolute Gasteiger partial charge is 0.416 e. The van der Waals surface area contributed by atoms with Gasteiger partial charge in [0.05, 0.1) is 22.5 Å². The van der Waals surface area contributed by atoms with E-state index in [9.17, 15) is 18.0 Å². The molecule has 1 amide bonds. The first-order chi connectivity index (χ1) is 11.4. The van der Waals surface area contributed by atoms with Crippen LogP contribution in [0, 0.1) is 0 Å². The monoisotopic (exact) mass is 330 g/mol. The molecule has 24 heavy (non-hydrogen) atoms. The summed E-state index contributed by atoms with van der Waals surface area (Å²) < 4.78 is 37.8. The molecule has 0 N–H and O–H groups in total. The van der Waals surface area contributed by atoms with E-state index in [0.717, 1.165) is 12.1 Å². The van der Waals surface area contributed by atoms with Gasteiger partial charge >= 0.3 is 6.18 Å². The lowest BCUT2D eigenvalue weighted by Crippen LogP contribution is -2.21. The van der Waals surface area contributed by atoms with Gasteiger partial charge in [-0.15, -0.1) is 0 Å². The lowest BCUT2D eigenvalue weighted by Gasteiger charge is -2.11. The summed E-state index contributed by atoms with van der Waals surface area (Å²) in [4.78, 5) is 12.5. The minimum absolute atomic E-state index is 0.307. The van der Waals surface area contributed by atoms with Crippen LogP contribution in [0.4, 0.5) is 18.9 Å². The molecule has 3 rings (SSSR count). The normalized spacial score (nSPS) is 16.7. The van der Waals surface area contributed by atoms with Crippen molar-refractivity contribution >= 4 is 23.4 Å². The van der Waals surface area contributed by atoms with E-state index < -0.39 is 11.7 Å². The Bertz CT molecular complexity index is 822. The first kappa shape index (κ1) is 16.0. The molecule has 0 saturated carbocycles. The van der Waals surface area contributed by atoms with Crippen molar-refractivity contribution in [2.24, 2.45) is 5.10 Å². The maximum Gasteiger partial charge on any atom is 0.416 e. The lowest BCUT2D eigenvalue weighted by atomic mass is 10.1. The van der Waals surface area contributed by atoms with Crippen LogP contribution in [0.3, 0.4) is 0 Å². The third-order valence-corrected chi connectivity index (χ3v) is 3.61. The minimum Gasteiger partial charge on any atom is -0.267 e. The SMILES string of the molecule is CC1=NN(c2ccccc2)C(=O)/C1=C/c1ccc(C(F)(F)F)cc1. The molecule has 0 radical (unpaired) electrons. The molecule has 3 nitrogen and oxygen atoms in total. The molecule has 2 aromatic carbocycles. The van der Waals surface area contributed by atoms with E-state index in [2.05, 4.69) is 5.10 Å². The summed E-state index contributed by atoms with van der Waals surface area (Å²) in [5.41, 5.74) is 1.30. The molecule has 1 heterocycles. The van der Waals surface area contributed by atoms with Crippen LogP contribution in [-0.2, 0) is 11.0 Å². The van der Waals surface area contributed by atoms with Crippen LogP contribution in [0.5, 0.6) is 0 Å². The first-order valence-electron chi connectivity index (χ1n) is 7.20. The minimum atomic E-state index is -4.38. The van der Waals surface area contributed by atoms with Gasteiger partial charge in [-0.1, -0.05) is 30.3 Å². The van der Waals surface area contributed by atoms with Gasteiger partial charge in [-0.2, -0.15) is 23.3 Å². The number of hydrazone groups is 1. The Morgan fingerprint density at radius 2 is 1.62 bits per heavy atom. The molecule has 0 unspecified atom stereocenters. The van der Waals surface area contributed by atoms with Crippen molar-refractivity contribution in [3.8, 4) is 0 Å². The number of benzene rings is 2. The fraction of sp³-hybridized carbons (Fsp3) is 0.111. The van der Waals surface area contributed by atoms with Gasteiger partial charge in [-0.05, 0) is 42.8 Å². The summed E-state index contributed by atoms with van der Waals surface area (Å²) in [5.74, 6) is -0.307. The van der Waals surface area contributed by atoms with E-state index in [0.29, 0.717) is 22.5 Å². The van der Waals surface area contributed by atoms with Crippen molar-refractivity contribution in [3.63, 3.8) is 0 Å². The highest BCUT2D eigenvalue weighted by atomic mass is 19.4. The lowest BCUT2D eigenvalue weighted by molar-refractivity contribution is -0.137. The predicted molar refractivity (Wildman–Crippen MR) is 86.5 cm³/mol. The molecule has 0 aliphatic carbocycles. The summed E-state index contributed by atoms with van der Waals surface area (Å²) in [7, 11) is 0. The first-order valence-corrected chi connectivity index (χ1v) is 7.20. The molecular formula is C18H13F3N2O. The van der Waals surface area contributed by atoms with Crippen molar-refractivity contribution in [1.82, 2.24) is 0 Å². The van der Waals surface area contributed by atoms with Crippen LogP contribution in [0.25, 0.3) is 6.08 Å². The highest BCUT2D eigenvalue weighted by Gasteiger charge is 2.30. The molecule has 0 fully saturated rings. The Hall–Kier alpha value is -2.89. The summed E-state index contributed by atoms with van der Waals surface area (Å²) >= 11 is 0. The zero-order valence-electron chi connectivity index (χ0n) is 12.7. The van der Waals surface area contributed by atoms with E-state index >= 15 is 0 Å². The van der Waals surface area contributed by atoms with E-state index in [-0.39, 0.29) is 5.91 Å². The van der Waals surface area contributed by atoms with Crippen LogP contribution in [-0.4, -0.2) is 11.6 Å². The maximum atomic E-state index is 12.6. The summed E-state index contributed by atoms with van der Waals surface area (Å²) in [5, 5.41) is 5.51. The molecule has 0 saturated heterocycles. The van der Waals surface area contributed by atoms with Crippen LogP contribution in [0.15, 0.2) is 65.3 Å². The molecular weight excluding hydrogens is 317 g/mol. The average molecular weight is 330 g/mol. The molecule has 1 aliphatic heterocycles. The predicted octanol–water partition coefficient (Wildman–Crippen LogP) is 4.51. The molecule has 2 aromatic rings. The van der Waals surface area contributed by atoms with E-state index in [1.54, 1.807) is 37.3 Å². The zero-order valence-corrected chi connectivity index (χ0v) is 12.7. The van der Waals surface area contributed by atoms with Gasteiger partial charge in [-0.3, -0.25) is 4.79 Å². The Morgan fingerprint density at radius 1 is 1.00 bits per heavy atom. The second kappa shape index (κ2) is 5.96. The summed E-state index contributed by atoms with van der Waals surface area (Å²) in [6, 6.07) is 13.6. The second-order valence-electron chi connectivity index (χ2n) is 5.32. The number of carbonyl (C=O) groups is 1. The van der Waals surface area contributed by atoms with Crippen molar-refractivity contribution in [2.75, 3.05) is 5.01 Å². The van der Waals surface area contributed by atoms with Crippen LogP contribution in [0.2, 0.25) is 0 Å². The van der Waals surface area contributed by atoms with Crippen molar-refractivity contribution in [2.45, 2.75) is 13.1 Å². The zero-order chi connectivity index (χ0) is 17.3. The van der Waals surface area contributed by atoms with Gasteiger partial charge in [-0.25, -0.2) is 0 Å².